The second kappa shape index (κ2) is 9.79. The van der Waals surface area contributed by atoms with Crippen LogP contribution in [0.15, 0.2) is 86.3 Å². The van der Waals surface area contributed by atoms with Crippen LogP contribution in [-0.4, -0.2) is 14.2 Å². The first kappa shape index (κ1) is 22.4. The molecule has 0 aliphatic rings. The predicted molar refractivity (Wildman–Crippen MR) is 132 cm³/mol. The number of anilines is 1. The Bertz CT molecular complexity index is 1440. The van der Waals surface area contributed by atoms with Crippen molar-refractivity contribution < 1.29 is 9.47 Å². The minimum atomic E-state index is 0.136. The second-order valence-electron chi connectivity index (χ2n) is 6.95. The van der Waals surface area contributed by atoms with E-state index in [4.69, 9.17) is 15.2 Å². The molecule has 0 saturated carbocycles. The summed E-state index contributed by atoms with van der Waals surface area (Å²) in [5, 5.41) is 21.9. The lowest BCUT2D eigenvalue weighted by Gasteiger charge is -2.20. The van der Waals surface area contributed by atoms with Crippen molar-refractivity contribution in [3.63, 3.8) is 0 Å². The Hall–Kier alpha value is -3.78. The molecule has 0 aromatic heterocycles. The standard InChI is InChI=1S/C26H19N3O2S2/c1-30-23-19(14-27)20(15-28)24(31-2)26(33-22-10-6-5-9-21(22)29)25(23)32-18-12-11-16-7-3-4-8-17(16)13-18/h3-13H,29H2,1-2H3. The van der Waals surface area contributed by atoms with Gasteiger partial charge in [0.15, 0.2) is 11.5 Å². The van der Waals surface area contributed by atoms with Gasteiger partial charge < -0.3 is 15.2 Å². The summed E-state index contributed by atoms with van der Waals surface area (Å²) in [5.41, 5.74) is 7.09. The quantitative estimate of drug-likeness (QED) is 0.323. The average Bonchev–Trinajstić information content (AvgIpc) is 2.85. The highest BCUT2D eigenvalue weighted by Crippen LogP contribution is 2.52. The zero-order valence-electron chi connectivity index (χ0n) is 18.0. The molecule has 0 aliphatic carbocycles. The number of hydrogen-bond donors (Lipinski definition) is 1. The molecule has 0 fully saturated rings. The Labute approximate surface area is 200 Å². The molecule has 7 heteroatoms. The van der Waals surface area contributed by atoms with E-state index in [0.29, 0.717) is 27.0 Å². The van der Waals surface area contributed by atoms with Crippen LogP contribution < -0.4 is 15.2 Å². The number of nitriles is 2. The van der Waals surface area contributed by atoms with Crippen molar-refractivity contribution in [2.75, 3.05) is 20.0 Å². The first-order chi connectivity index (χ1) is 16.1. The van der Waals surface area contributed by atoms with Crippen LogP contribution >= 0.6 is 23.5 Å². The van der Waals surface area contributed by atoms with Crippen LogP contribution in [0.1, 0.15) is 11.1 Å². The first-order valence-corrected chi connectivity index (χ1v) is 11.6. The summed E-state index contributed by atoms with van der Waals surface area (Å²) in [6.07, 6.45) is 0. The largest absolute Gasteiger partial charge is 0.494 e. The van der Waals surface area contributed by atoms with E-state index in [1.807, 2.05) is 42.5 Å². The predicted octanol–water partition coefficient (Wildman–Crippen LogP) is 6.48. The van der Waals surface area contributed by atoms with Gasteiger partial charge in [0.25, 0.3) is 0 Å². The van der Waals surface area contributed by atoms with E-state index >= 15 is 0 Å². The van der Waals surface area contributed by atoms with Crippen molar-refractivity contribution >= 4 is 40.0 Å². The van der Waals surface area contributed by atoms with Crippen LogP contribution in [0.5, 0.6) is 11.5 Å². The fraction of sp³-hybridized carbons (Fsp3) is 0.0769. The SMILES string of the molecule is COc1c(C#N)c(C#N)c(OC)c(Sc2ccccc2N)c1Sc1ccc2ccccc2c1. The number of hydrogen-bond acceptors (Lipinski definition) is 7. The van der Waals surface area contributed by atoms with Crippen molar-refractivity contribution in [3.05, 3.63) is 77.9 Å². The van der Waals surface area contributed by atoms with Crippen molar-refractivity contribution in [2.24, 2.45) is 0 Å². The molecule has 0 atom stereocenters. The topological polar surface area (TPSA) is 92.1 Å². The molecule has 0 bridgehead atoms. The van der Waals surface area contributed by atoms with E-state index in [2.05, 4.69) is 36.4 Å². The average molecular weight is 470 g/mol. The summed E-state index contributed by atoms with van der Waals surface area (Å²) in [6, 6.07) is 26.0. The minimum Gasteiger partial charge on any atom is -0.494 e. The molecule has 4 rings (SSSR count). The molecule has 0 amide bonds. The minimum absolute atomic E-state index is 0.136. The van der Waals surface area contributed by atoms with Gasteiger partial charge in [0.05, 0.1) is 24.0 Å². The Morgan fingerprint density at radius 3 is 1.91 bits per heavy atom. The zero-order chi connectivity index (χ0) is 23.4. The maximum absolute atomic E-state index is 9.87. The van der Waals surface area contributed by atoms with Gasteiger partial charge in [-0.15, -0.1) is 0 Å². The maximum atomic E-state index is 9.87. The molecule has 0 saturated heterocycles. The monoisotopic (exact) mass is 469 g/mol. The maximum Gasteiger partial charge on any atom is 0.153 e. The third-order valence-corrected chi connectivity index (χ3v) is 7.42. The smallest absolute Gasteiger partial charge is 0.153 e. The molecule has 4 aromatic rings. The lowest BCUT2D eigenvalue weighted by molar-refractivity contribution is 0.382. The van der Waals surface area contributed by atoms with Crippen LogP contribution in [0.2, 0.25) is 0 Å². The zero-order valence-corrected chi connectivity index (χ0v) is 19.6. The van der Waals surface area contributed by atoms with E-state index < -0.39 is 0 Å². The Morgan fingerprint density at radius 1 is 0.727 bits per heavy atom. The molecule has 0 aliphatic heterocycles. The number of para-hydroxylation sites is 1. The van der Waals surface area contributed by atoms with E-state index in [1.165, 1.54) is 37.7 Å². The lowest BCUT2D eigenvalue weighted by atomic mass is 10.1. The summed E-state index contributed by atoms with van der Waals surface area (Å²) in [5.74, 6) is 0.663. The molecule has 5 nitrogen and oxygen atoms in total. The third kappa shape index (κ3) is 4.29. The van der Waals surface area contributed by atoms with Crippen LogP contribution in [0.3, 0.4) is 0 Å². The van der Waals surface area contributed by atoms with Crippen molar-refractivity contribution in [1.29, 1.82) is 10.5 Å². The molecule has 2 N–H and O–H groups in total. The van der Waals surface area contributed by atoms with Gasteiger partial charge in [-0.25, -0.2) is 0 Å². The normalized spacial score (nSPS) is 10.4. The Balaban J connectivity index is 1.97. The lowest BCUT2D eigenvalue weighted by Crippen LogP contribution is -2.02. The summed E-state index contributed by atoms with van der Waals surface area (Å²) < 4.78 is 11.3. The number of methoxy groups -OCH3 is 2. The number of nitrogen functional groups attached to an aromatic ring is 1. The van der Waals surface area contributed by atoms with Gasteiger partial charge in [-0.2, -0.15) is 10.5 Å². The molecule has 162 valence electrons. The van der Waals surface area contributed by atoms with E-state index in [1.54, 1.807) is 0 Å². The molecule has 33 heavy (non-hydrogen) atoms. The number of fused-ring (bicyclic) bond motifs is 1. The summed E-state index contributed by atoms with van der Waals surface area (Å²) in [7, 11) is 2.99. The Kier molecular flexibility index (Phi) is 6.65. The number of rotatable bonds is 6. The number of nitrogens with two attached hydrogens (primary N) is 1. The highest BCUT2D eigenvalue weighted by Gasteiger charge is 2.27. The van der Waals surface area contributed by atoms with Gasteiger partial charge in [-0.05, 0) is 35.0 Å². The van der Waals surface area contributed by atoms with Crippen molar-refractivity contribution in [2.45, 2.75) is 19.6 Å². The number of ether oxygens (including phenoxy) is 2. The molecular weight excluding hydrogens is 450 g/mol. The van der Waals surface area contributed by atoms with Gasteiger partial charge >= 0.3 is 0 Å². The summed E-state index contributed by atoms with van der Waals surface area (Å²) in [4.78, 5) is 3.13. The highest BCUT2D eigenvalue weighted by molar-refractivity contribution is 8.02. The van der Waals surface area contributed by atoms with Crippen LogP contribution in [0.4, 0.5) is 5.69 Å². The summed E-state index contributed by atoms with van der Waals surface area (Å²) in [6.45, 7) is 0. The van der Waals surface area contributed by atoms with Crippen LogP contribution in [-0.2, 0) is 0 Å². The molecule has 4 aromatic carbocycles. The first-order valence-electron chi connectivity index (χ1n) is 9.92. The van der Waals surface area contributed by atoms with Gasteiger partial charge in [0, 0.05) is 15.5 Å². The van der Waals surface area contributed by atoms with Gasteiger partial charge in [0.1, 0.15) is 23.3 Å². The second-order valence-corrected chi connectivity index (χ2v) is 9.09. The van der Waals surface area contributed by atoms with Gasteiger partial charge in [-0.1, -0.05) is 66.0 Å². The third-order valence-electron chi connectivity index (χ3n) is 5.03. The van der Waals surface area contributed by atoms with E-state index in [0.717, 1.165) is 20.6 Å². The number of benzene rings is 4. The van der Waals surface area contributed by atoms with Crippen LogP contribution in [0.25, 0.3) is 10.8 Å². The van der Waals surface area contributed by atoms with Crippen molar-refractivity contribution in [1.82, 2.24) is 0 Å². The molecule has 0 spiro atoms. The number of nitrogens with zero attached hydrogens (tertiary/aromatic N) is 2. The van der Waals surface area contributed by atoms with Crippen LogP contribution in [0, 0.1) is 22.7 Å². The van der Waals surface area contributed by atoms with Gasteiger partial charge in [0.2, 0.25) is 0 Å². The highest BCUT2D eigenvalue weighted by atomic mass is 32.2. The fourth-order valence-electron chi connectivity index (χ4n) is 3.48. The fourth-order valence-corrected chi connectivity index (χ4v) is 5.77. The van der Waals surface area contributed by atoms with E-state index in [-0.39, 0.29) is 11.1 Å². The molecule has 0 unspecified atom stereocenters. The van der Waals surface area contributed by atoms with Gasteiger partial charge in [-0.3, -0.25) is 0 Å². The Morgan fingerprint density at radius 2 is 1.30 bits per heavy atom. The van der Waals surface area contributed by atoms with E-state index in [9.17, 15) is 10.5 Å². The molecule has 0 radical (unpaired) electrons. The molecule has 0 heterocycles. The summed E-state index contributed by atoms with van der Waals surface area (Å²) >= 11 is 2.84. The van der Waals surface area contributed by atoms with Crippen molar-refractivity contribution in [3.8, 4) is 23.6 Å². The molecular formula is C26H19N3O2S2.